The molecule has 6 nitrogen and oxygen atoms in total. The van der Waals surface area contributed by atoms with Gasteiger partial charge in [0.25, 0.3) is 0 Å². The lowest BCUT2D eigenvalue weighted by Gasteiger charge is -2.36. The van der Waals surface area contributed by atoms with E-state index in [1.54, 1.807) is 0 Å². The number of nitrogens with one attached hydrogen (secondary N) is 2. The predicted octanol–water partition coefficient (Wildman–Crippen LogP) is 0.669. The highest BCUT2D eigenvalue weighted by atomic mass is 16.5. The SMILES string of the molecule is CN=C(NCC1(CO)CCOCC1)NC1CN(C(C)C)CC1C. The highest BCUT2D eigenvalue weighted by Crippen LogP contribution is 2.29. The fourth-order valence-electron chi connectivity index (χ4n) is 3.45. The van der Waals surface area contributed by atoms with Crippen molar-refractivity contribution in [3.05, 3.63) is 0 Å². The van der Waals surface area contributed by atoms with Gasteiger partial charge in [-0.25, -0.2) is 0 Å². The first kappa shape index (κ1) is 18.5. The van der Waals surface area contributed by atoms with Gasteiger partial charge in [-0.2, -0.15) is 0 Å². The van der Waals surface area contributed by atoms with Crippen LogP contribution in [0.4, 0.5) is 0 Å². The third kappa shape index (κ3) is 4.81. The van der Waals surface area contributed by atoms with E-state index in [1.807, 2.05) is 7.05 Å². The van der Waals surface area contributed by atoms with Gasteiger partial charge in [-0.15, -0.1) is 0 Å². The molecule has 0 aliphatic carbocycles. The van der Waals surface area contributed by atoms with Crippen molar-refractivity contribution in [2.24, 2.45) is 16.3 Å². The zero-order valence-electron chi connectivity index (χ0n) is 15.1. The Hall–Kier alpha value is -0.850. The first-order valence-electron chi connectivity index (χ1n) is 8.89. The minimum atomic E-state index is -0.0822. The summed E-state index contributed by atoms with van der Waals surface area (Å²) in [5, 5.41) is 16.8. The van der Waals surface area contributed by atoms with Crippen molar-refractivity contribution < 1.29 is 9.84 Å². The van der Waals surface area contributed by atoms with Crippen LogP contribution in [0, 0.1) is 11.3 Å². The van der Waals surface area contributed by atoms with E-state index < -0.39 is 0 Å². The molecule has 0 spiro atoms. The number of ether oxygens (including phenoxy) is 1. The molecule has 6 heteroatoms. The number of hydrogen-bond acceptors (Lipinski definition) is 4. The molecule has 2 heterocycles. The molecule has 3 N–H and O–H groups in total. The van der Waals surface area contributed by atoms with Crippen LogP contribution in [0.25, 0.3) is 0 Å². The van der Waals surface area contributed by atoms with E-state index in [0.717, 1.165) is 51.6 Å². The molecular formula is C17H34N4O2. The van der Waals surface area contributed by atoms with Gasteiger partial charge in [0, 0.05) is 57.4 Å². The second-order valence-electron chi connectivity index (χ2n) is 7.47. The lowest BCUT2D eigenvalue weighted by atomic mass is 9.81. The zero-order chi connectivity index (χ0) is 16.9. The Kier molecular flexibility index (Phi) is 6.68. The molecule has 0 aromatic heterocycles. The van der Waals surface area contributed by atoms with Crippen molar-refractivity contribution in [3.63, 3.8) is 0 Å². The quantitative estimate of drug-likeness (QED) is 0.512. The Bertz CT molecular complexity index is 394. The molecule has 0 saturated carbocycles. The van der Waals surface area contributed by atoms with Crippen molar-refractivity contribution in [1.29, 1.82) is 0 Å². The highest BCUT2D eigenvalue weighted by molar-refractivity contribution is 5.80. The van der Waals surface area contributed by atoms with Gasteiger partial charge in [0.05, 0.1) is 6.61 Å². The van der Waals surface area contributed by atoms with Crippen LogP contribution in [0.2, 0.25) is 0 Å². The molecule has 0 aromatic carbocycles. The number of likely N-dealkylation sites (tertiary alicyclic amines) is 1. The standard InChI is InChI=1S/C17H34N4O2/c1-13(2)21-9-14(3)15(10-21)20-16(18-4)19-11-17(12-22)5-7-23-8-6-17/h13-15,22H,5-12H2,1-4H3,(H2,18,19,20). The smallest absolute Gasteiger partial charge is 0.191 e. The molecule has 2 fully saturated rings. The molecule has 2 saturated heterocycles. The Morgan fingerprint density at radius 2 is 2.04 bits per heavy atom. The lowest BCUT2D eigenvalue weighted by molar-refractivity contribution is -0.0132. The topological polar surface area (TPSA) is 69.1 Å². The van der Waals surface area contributed by atoms with Crippen LogP contribution in [0.15, 0.2) is 4.99 Å². The van der Waals surface area contributed by atoms with Gasteiger partial charge in [0.15, 0.2) is 5.96 Å². The molecule has 134 valence electrons. The van der Waals surface area contributed by atoms with Gasteiger partial charge >= 0.3 is 0 Å². The van der Waals surface area contributed by atoms with E-state index in [1.165, 1.54) is 0 Å². The van der Waals surface area contributed by atoms with Crippen LogP contribution < -0.4 is 10.6 Å². The minimum Gasteiger partial charge on any atom is -0.396 e. The summed E-state index contributed by atoms with van der Waals surface area (Å²) in [6.07, 6.45) is 1.79. The van der Waals surface area contributed by atoms with Crippen LogP contribution in [0.1, 0.15) is 33.6 Å². The van der Waals surface area contributed by atoms with Gasteiger partial charge in [0.1, 0.15) is 0 Å². The predicted molar refractivity (Wildman–Crippen MR) is 93.7 cm³/mol. The second kappa shape index (κ2) is 8.31. The number of hydrogen-bond donors (Lipinski definition) is 3. The number of nitrogens with zero attached hydrogens (tertiary/aromatic N) is 2. The summed E-state index contributed by atoms with van der Waals surface area (Å²) < 4.78 is 5.43. The molecular weight excluding hydrogens is 292 g/mol. The first-order valence-corrected chi connectivity index (χ1v) is 8.89. The fourth-order valence-corrected chi connectivity index (χ4v) is 3.45. The van der Waals surface area contributed by atoms with E-state index in [4.69, 9.17) is 4.74 Å². The number of rotatable bonds is 5. The van der Waals surface area contributed by atoms with Crippen LogP contribution >= 0.6 is 0 Å². The van der Waals surface area contributed by atoms with E-state index in [0.29, 0.717) is 18.0 Å². The summed E-state index contributed by atoms with van der Waals surface area (Å²) in [6, 6.07) is 1.00. The average molecular weight is 326 g/mol. The van der Waals surface area contributed by atoms with Crippen LogP contribution in [-0.4, -0.2) is 74.6 Å². The van der Waals surface area contributed by atoms with Gasteiger partial charge in [-0.3, -0.25) is 9.89 Å². The van der Waals surface area contributed by atoms with E-state index in [9.17, 15) is 5.11 Å². The minimum absolute atomic E-state index is 0.0822. The third-order valence-corrected chi connectivity index (χ3v) is 5.44. The van der Waals surface area contributed by atoms with Gasteiger partial charge in [-0.05, 0) is 32.6 Å². The zero-order valence-corrected chi connectivity index (χ0v) is 15.1. The summed E-state index contributed by atoms with van der Waals surface area (Å²) in [5.41, 5.74) is -0.0822. The highest BCUT2D eigenvalue weighted by Gasteiger charge is 2.34. The van der Waals surface area contributed by atoms with Crippen molar-refractivity contribution in [1.82, 2.24) is 15.5 Å². The first-order chi connectivity index (χ1) is 11.0. The van der Waals surface area contributed by atoms with Crippen molar-refractivity contribution in [2.45, 2.75) is 45.7 Å². The lowest BCUT2D eigenvalue weighted by Crippen LogP contribution is -2.51. The molecule has 0 bridgehead atoms. The maximum Gasteiger partial charge on any atom is 0.191 e. The van der Waals surface area contributed by atoms with E-state index >= 15 is 0 Å². The molecule has 2 rings (SSSR count). The van der Waals surface area contributed by atoms with Crippen molar-refractivity contribution >= 4 is 5.96 Å². The molecule has 2 aliphatic heterocycles. The van der Waals surface area contributed by atoms with E-state index in [-0.39, 0.29) is 12.0 Å². The molecule has 2 atom stereocenters. The number of aliphatic hydroxyl groups excluding tert-OH is 1. The summed E-state index contributed by atoms with van der Waals surface area (Å²) in [6.45, 7) is 11.4. The summed E-state index contributed by atoms with van der Waals surface area (Å²) >= 11 is 0. The van der Waals surface area contributed by atoms with Crippen LogP contribution in [0.3, 0.4) is 0 Å². The Morgan fingerprint density at radius 1 is 1.35 bits per heavy atom. The fraction of sp³-hybridized carbons (Fsp3) is 0.941. The molecule has 2 aliphatic rings. The van der Waals surface area contributed by atoms with Crippen LogP contribution in [0.5, 0.6) is 0 Å². The molecule has 0 amide bonds. The Balaban J connectivity index is 1.86. The molecule has 0 radical (unpaired) electrons. The Morgan fingerprint density at radius 3 is 2.57 bits per heavy atom. The number of aliphatic imine (C=N–C) groups is 1. The average Bonchev–Trinajstić information content (AvgIpc) is 2.93. The summed E-state index contributed by atoms with van der Waals surface area (Å²) in [5.74, 6) is 1.44. The van der Waals surface area contributed by atoms with Crippen molar-refractivity contribution in [2.75, 3.05) is 46.5 Å². The monoisotopic (exact) mass is 326 g/mol. The van der Waals surface area contributed by atoms with Gasteiger partial charge < -0.3 is 20.5 Å². The van der Waals surface area contributed by atoms with Crippen molar-refractivity contribution in [3.8, 4) is 0 Å². The Labute approximate surface area is 140 Å². The number of aliphatic hydroxyl groups is 1. The number of guanidine groups is 1. The summed E-state index contributed by atoms with van der Waals surface area (Å²) in [7, 11) is 1.81. The third-order valence-electron chi connectivity index (χ3n) is 5.44. The van der Waals surface area contributed by atoms with E-state index in [2.05, 4.69) is 41.3 Å². The van der Waals surface area contributed by atoms with Gasteiger partial charge in [-0.1, -0.05) is 6.92 Å². The maximum absolute atomic E-state index is 9.79. The molecule has 2 unspecified atom stereocenters. The van der Waals surface area contributed by atoms with Gasteiger partial charge in [0.2, 0.25) is 0 Å². The summed E-state index contributed by atoms with van der Waals surface area (Å²) in [4.78, 5) is 6.87. The molecule has 0 aromatic rings. The maximum atomic E-state index is 9.79. The largest absolute Gasteiger partial charge is 0.396 e. The molecule has 23 heavy (non-hydrogen) atoms. The second-order valence-corrected chi connectivity index (χ2v) is 7.47. The van der Waals surface area contributed by atoms with Crippen LogP contribution in [-0.2, 0) is 4.74 Å². The normalized spacial score (nSPS) is 29.0.